The van der Waals surface area contributed by atoms with Crippen LogP contribution in [0.3, 0.4) is 0 Å². The van der Waals surface area contributed by atoms with Crippen LogP contribution < -0.4 is 5.32 Å². The first-order chi connectivity index (χ1) is 7.80. The first-order valence-corrected chi connectivity index (χ1v) is 6.68. The number of rotatable bonds is 0. The maximum Gasteiger partial charge on any atom is 0.0409 e. The molecule has 1 heterocycles. The first-order valence-electron chi connectivity index (χ1n) is 6.30. The monoisotopic (exact) mass is 235 g/mol. The van der Waals surface area contributed by atoms with Crippen molar-refractivity contribution in [3.05, 3.63) is 34.3 Å². The second-order valence-electron chi connectivity index (χ2n) is 5.22. The molecule has 2 aliphatic rings. The van der Waals surface area contributed by atoms with Crippen LogP contribution in [0.2, 0.25) is 5.02 Å². The average molecular weight is 236 g/mol. The molecule has 0 amide bonds. The number of benzene rings is 1. The number of halogens is 1. The molecule has 1 aliphatic heterocycles. The first kappa shape index (κ1) is 10.6. The Hall–Kier alpha value is -0.530. The molecule has 1 fully saturated rings. The van der Waals surface area contributed by atoms with E-state index in [0.717, 1.165) is 24.5 Å². The Morgan fingerprint density at radius 3 is 2.81 bits per heavy atom. The van der Waals surface area contributed by atoms with Gasteiger partial charge in [0.1, 0.15) is 0 Å². The molecule has 1 aliphatic carbocycles. The second-order valence-corrected chi connectivity index (χ2v) is 5.65. The van der Waals surface area contributed by atoms with Crippen molar-refractivity contribution in [1.82, 2.24) is 5.32 Å². The van der Waals surface area contributed by atoms with Crippen molar-refractivity contribution in [2.75, 3.05) is 13.1 Å². The van der Waals surface area contributed by atoms with Gasteiger partial charge in [-0.3, -0.25) is 0 Å². The minimum Gasteiger partial charge on any atom is -0.316 e. The second kappa shape index (κ2) is 4.05. The fraction of sp³-hybridized carbons (Fsp3) is 0.571. The Kier molecular flexibility index (Phi) is 2.68. The van der Waals surface area contributed by atoms with Crippen molar-refractivity contribution in [2.24, 2.45) is 0 Å². The van der Waals surface area contributed by atoms with Crippen molar-refractivity contribution in [3.63, 3.8) is 0 Å². The summed E-state index contributed by atoms with van der Waals surface area (Å²) in [5.41, 5.74) is 3.43. The van der Waals surface area contributed by atoms with E-state index in [4.69, 9.17) is 11.6 Å². The van der Waals surface area contributed by atoms with Crippen molar-refractivity contribution in [2.45, 2.75) is 37.5 Å². The molecule has 1 aromatic rings. The van der Waals surface area contributed by atoms with E-state index >= 15 is 0 Å². The molecule has 0 saturated heterocycles. The third kappa shape index (κ3) is 1.66. The van der Waals surface area contributed by atoms with Crippen molar-refractivity contribution in [3.8, 4) is 0 Å². The quantitative estimate of drug-likeness (QED) is 0.728. The Bertz CT molecular complexity index is 394. The van der Waals surface area contributed by atoms with E-state index in [0.29, 0.717) is 5.41 Å². The van der Waals surface area contributed by atoms with Gasteiger partial charge in [0.15, 0.2) is 0 Å². The zero-order valence-corrected chi connectivity index (χ0v) is 10.3. The summed E-state index contributed by atoms with van der Waals surface area (Å²) in [6.07, 6.45) is 6.54. The van der Waals surface area contributed by atoms with Crippen molar-refractivity contribution < 1.29 is 0 Å². The maximum absolute atomic E-state index is 6.17. The molecular formula is C14H18ClN. The molecule has 2 heteroatoms. The van der Waals surface area contributed by atoms with Gasteiger partial charge in [0.25, 0.3) is 0 Å². The summed E-state index contributed by atoms with van der Waals surface area (Å²) in [6, 6.07) is 6.48. The average Bonchev–Trinajstić information content (AvgIpc) is 2.68. The molecule has 0 radical (unpaired) electrons. The van der Waals surface area contributed by atoms with Crippen LogP contribution >= 0.6 is 11.6 Å². The lowest BCUT2D eigenvalue weighted by molar-refractivity contribution is 0.418. The van der Waals surface area contributed by atoms with E-state index in [1.807, 2.05) is 6.07 Å². The van der Waals surface area contributed by atoms with Crippen molar-refractivity contribution >= 4 is 11.6 Å². The Morgan fingerprint density at radius 2 is 2.00 bits per heavy atom. The van der Waals surface area contributed by atoms with Crippen molar-refractivity contribution in [1.29, 1.82) is 0 Å². The van der Waals surface area contributed by atoms with Crippen LogP contribution in [0.1, 0.15) is 36.8 Å². The van der Waals surface area contributed by atoms with Gasteiger partial charge in [0, 0.05) is 17.0 Å². The Morgan fingerprint density at radius 1 is 1.19 bits per heavy atom. The van der Waals surface area contributed by atoms with Gasteiger partial charge in [0.05, 0.1) is 0 Å². The standard InChI is InChI=1S/C14H18ClN/c15-12-4-3-11-5-8-16-10-14(13(11)9-12)6-1-2-7-14/h3-4,9,16H,1-2,5-8,10H2. The van der Waals surface area contributed by atoms with Gasteiger partial charge >= 0.3 is 0 Å². The third-order valence-electron chi connectivity index (χ3n) is 4.24. The molecule has 1 N–H and O–H groups in total. The lowest BCUT2D eigenvalue weighted by atomic mass is 9.77. The van der Waals surface area contributed by atoms with E-state index in [-0.39, 0.29) is 0 Å². The van der Waals surface area contributed by atoms with E-state index < -0.39 is 0 Å². The van der Waals surface area contributed by atoms with Gasteiger partial charge in [-0.25, -0.2) is 0 Å². The fourth-order valence-corrected chi connectivity index (χ4v) is 3.58. The Balaban J connectivity index is 2.11. The summed E-state index contributed by atoms with van der Waals surface area (Å²) >= 11 is 6.17. The summed E-state index contributed by atoms with van der Waals surface area (Å²) in [6.45, 7) is 2.25. The van der Waals surface area contributed by atoms with Crippen LogP contribution in [0, 0.1) is 0 Å². The van der Waals surface area contributed by atoms with Crippen LogP contribution in [-0.2, 0) is 11.8 Å². The predicted molar refractivity (Wildman–Crippen MR) is 68.2 cm³/mol. The summed E-state index contributed by atoms with van der Waals surface area (Å²) in [5, 5.41) is 4.50. The molecule has 3 rings (SSSR count). The highest BCUT2D eigenvalue weighted by molar-refractivity contribution is 6.30. The highest BCUT2D eigenvalue weighted by Crippen LogP contribution is 2.43. The number of hydrogen-bond acceptors (Lipinski definition) is 1. The molecule has 0 bridgehead atoms. The summed E-state index contributed by atoms with van der Waals surface area (Å²) in [4.78, 5) is 0. The molecule has 0 unspecified atom stereocenters. The van der Waals surface area contributed by atoms with Gasteiger partial charge < -0.3 is 5.32 Å². The van der Waals surface area contributed by atoms with Crippen LogP contribution in [-0.4, -0.2) is 13.1 Å². The SMILES string of the molecule is Clc1ccc2c(c1)C1(CCCC1)CNCC2. The van der Waals surface area contributed by atoms with E-state index in [1.165, 1.54) is 36.8 Å². The molecule has 0 atom stereocenters. The molecule has 1 spiro atoms. The highest BCUT2D eigenvalue weighted by Gasteiger charge is 2.37. The highest BCUT2D eigenvalue weighted by atomic mass is 35.5. The summed E-state index contributed by atoms with van der Waals surface area (Å²) in [5.74, 6) is 0. The molecule has 1 aromatic carbocycles. The van der Waals surface area contributed by atoms with Crippen LogP contribution in [0.4, 0.5) is 0 Å². The lowest BCUT2D eigenvalue weighted by Crippen LogP contribution is -2.34. The van der Waals surface area contributed by atoms with Crippen LogP contribution in [0.25, 0.3) is 0 Å². The fourth-order valence-electron chi connectivity index (χ4n) is 3.40. The summed E-state index contributed by atoms with van der Waals surface area (Å²) in [7, 11) is 0. The normalized spacial score (nSPS) is 23.1. The van der Waals surface area contributed by atoms with Crippen LogP contribution in [0.15, 0.2) is 18.2 Å². The molecule has 86 valence electrons. The summed E-state index contributed by atoms with van der Waals surface area (Å²) < 4.78 is 0. The third-order valence-corrected chi connectivity index (χ3v) is 4.47. The van der Waals surface area contributed by atoms with E-state index in [2.05, 4.69) is 17.4 Å². The van der Waals surface area contributed by atoms with Gasteiger partial charge in [-0.2, -0.15) is 0 Å². The zero-order valence-electron chi connectivity index (χ0n) is 9.56. The van der Waals surface area contributed by atoms with E-state index in [9.17, 15) is 0 Å². The smallest absolute Gasteiger partial charge is 0.0409 e. The number of hydrogen-bond donors (Lipinski definition) is 1. The topological polar surface area (TPSA) is 12.0 Å². The van der Waals surface area contributed by atoms with Gasteiger partial charge in [-0.05, 0) is 49.1 Å². The Labute approximate surface area is 102 Å². The van der Waals surface area contributed by atoms with Gasteiger partial charge in [-0.1, -0.05) is 30.5 Å². The molecule has 1 saturated carbocycles. The largest absolute Gasteiger partial charge is 0.316 e. The number of fused-ring (bicyclic) bond motifs is 2. The molecule has 0 aromatic heterocycles. The van der Waals surface area contributed by atoms with Gasteiger partial charge in [0.2, 0.25) is 0 Å². The predicted octanol–water partition coefficient (Wildman–Crippen LogP) is 3.30. The lowest BCUT2D eigenvalue weighted by Gasteiger charge is -2.30. The van der Waals surface area contributed by atoms with E-state index in [1.54, 1.807) is 0 Å². The number of nitrogens with one attached hydrogen (secondary N) is 1. The minimum absolute atomic E-state index is 0.386. The molecular weight excluding hydrogens is 218 g/mol. The minimum atomic E-state index is 0.386. The van der Waals surface area contributed by atoms with Crippen LogP contribution in [0.5, 0.6) is 0 Å². The molecule has 16 heavy (non-hydrogen) atoms. The molecule has 1 nitrogen and oxygen atoms in total. The van der Waals surface area contributed by atoms with Gasteiger partial charge in [-0.15, -0.1) is 0 Å². The maximum atomic E-state index is 6.17. The zero-order chi connectivity index (χ0) is 11.0.